The molecule has 3 rings (SSSR count). The Labute approximate surface area is 137 Å². The van der Waals surface area contributed by atoms with Crippen LogP contribution in [-0.4, -0.2) is 47.9 Å². The van der Waals surface area contributed by atoms with Gasteiger partial charge in [0.1, 0.15) is 6.61 Å². The lowest BCUT2D eigenvalue weighted by atomic mass is 9.79. The molecule has 0 aromatic heterocycles. The first-order valence-corrected chi connectivity index (χ1v) is 8.56. The van der Waals surface area contributed by atoms with Gasteiger partial charge in [0.05, 0.1) is 6.10 Å². The fourth-order valence-electron chi connectivity index (χ4n) is 3.40. The molecule has 1 aromatic rings. The molecule has 2 aliphatic rings. The Morgan fingerprint density at radius 3 is 2.61 bits per heavy atom. The van der Waals surface area contributed by atoms with Crippen molar-refractivity contribution in [2.45, 2.75) is 44.4 Å². The zero-order valence-corrected chi connectivity index (χ0v) is 13.5. The van der Waals surface area contributed by atoms with Crippen molar-refractivity contribution in [3.63, 3.8) is 0 Å². The lowest BCUT2D eigenvalue weighted by Crippen LogP contribution is -2.49. The van der Waals surface area contributed by atoms with Crippen LogP contribution in [0.25, 0.3) is 0 Å². The number of rotatable bonds is 5. The summed E-state index contributed by atoms with van der Waals surface area (Å²) >= 11 is 0. The summed E-state index contributed by atoms with van der Waals surface area (Å²) in [6.45, 7) is 3.40. The highest BCUT2D eigenvalue weighted by Crippen LogP contribution is 2.29. The van der Waals surface area contributed by atoms with E-state index in [2.05, 4.69) is 10.2 Å². The van der Waals surface area contributed by atoms with Gasteiger partial charge in [-0.1, -0.05) is 30.3 Å². The third kappa shape index (κ3) is 4.94. The standard InChI is InChI=1S/C18H26N2O3/c21-17-6-8-20(9-7-17)12-15-10-16(11-15)19-18(22)23-13-14-4-2-1-3-5-14/h1-5,15-17,21H,6-13H2,(H,19,22). The number of likely N-dealkylation sites (tertiary alicyclic amines) is 1. The molecule has 5 nitrogen and oxygen atoms in total. The highest BCUT2D eigenvalue weighted by molar-refractivity contribution is 5.67. The Bertz CT molecular complexity index is 494. The lowest BCUT2D eigenvalue weighted by Gasteiger charge is -2.40. The van der Waals surface area contributed by atoms with Crippen molar-refractivity contribution in [1.82, 2.24) is 10.2 Å². The Balaban J connectivity index is 1.28. The van der Waals surface area contributed by atoms with Gasteiger partial charge in [-0.3, -0.25) is 0 Å². The molecule has 0 spiro atoms. The Kier molecular flexibility index (Phi) is 5.51. The van der Waals surface area contributed by atoms with Gasteiger partial charge in [0.25, 0.3) is 0 Å². The minimum atomic E-state index is -0.321. The first-order valence-electron chi connectivity index (χ1n) is 8.56. The summed E-state index contributed by atoms with van der Waals surface area (Å²) in [5.74, 6) is 0.657. The van der Waals surface area contributed by atoms with E-state index in [-0.39, 0.29) is 18.2 Å². The number of piperidine rings is 1. The number of benzene rings is 1. The van der Waals surface area contributed by atoms with Gasteiger partial charge in [-0.05, 0) is 37.2 Å². The molecule has 1 aliphatic heterocycles. The highest BCUT2D eigenvalue weighted by atomic mass is 16.5. The van der Waals surface area contributed by atoms with Gasteiger partial charge in [0, 0.05) is 25.7 Å². The molecule has 0 radical (unpaired) electrons. The maximum absolute atomic E-state index is 11.8. The number of alkyl carbamates (subject to hydrolysis) is 1. The van der Waals surface area contributed by atoms with E-state index in [1.807, 2.05) is 30.3 Å². The second kappa shape index (κ2) is 7.79. The van der Waals surface area contributed by atoms with Crippen molar-refractivity contribution in [3.8, 4) is 0 Å². The molecule has 0 bridgehead atoms. The zero-order valence-electron chi connectivity index (χ0n) is 13.5. The monoisotopic (exact) mass is 318 g/mol. The molecule has 2 N–H and O–H groups in total. The van der Waals surface area contributed by atoms with Crippen LogP contribution in [-0.2, 0) is 11.3 Å². The van der Waals surface area contributed by atoms with Gasteiger partial charge in [0.2, 0.25) is 0 Å². The fraction of sp³-hybridized carbons (Fsp3) is 0.611. The molecule has 1 aliphatic carbocycles. The third-order valence-corrected chi connectivity index (χ3v) is 4.84. The summed E-state index contributed by atoms with van der Waals surface area (Å²) < 4.78 is 5.24. The minimum Gasteiger partial charge on any atom is -0.445 e. The van der Waals surface area contributed by atoms with Crippen LogP contribution in [0, 0.1) is 5.92 Å². The quantitative estimate of drug-likeness (QED) is 0.873. The SMILES string of the molecule is O=C(NC1CC(CN2CCC(O)CC2)C1)OCc1ccccc1. The summed E-state index contributed by atoms with van der Waals surface area (Å²) in [6, 6.07) is 9.96. The van der Waals surface area contributed by atoms with Gasteiger partial charge in [-0.2, -0.15) is 0 Å². The van der Waals surface area contributed by atoms with E-state index in [0.29, 0.717) is 12.5 Å². The first kappa shape index (κ1) is 16.3. The molecule has 1 amide bonds. The molecule has 2 fully saturated rings. The molecule has 1 saturated heterocycles. The summed E-state index contributed by atoms with van der Waals surface area (Å²) in [5, 5.41) is 12.5. The van der Waals surface area contributed by atoms with Gasteiger partial charge < -0.3 is 20.1 Å². The molecule has 0 atom stereocenters. The molecule has 23 heavy (non-hydrogen) atoms. The number of carbonyl (C=O) groups is 1. The van der Waals surface area contributed by atoms with Crippen molar-refractivity contribution in [3.05, 3.63) is 35.9 Å². The van der Waals surface area contributed by atoms with E-state index in [4.69, 9.17) is 4.74 Å². The van der Waals surface area contributed by atoms with Crippen LogP contribution < -0.4 is 5.32 Å². The largest absolute Gasteiger partial charge is 0.445 e. The molecule has 1 heterocycles. The Morgan fingerprint density at radius 1 is 1.22 bits per heavy atom. The van der Waals surface area contributed by atoms with Crippen molar-refractivity contribution >= 4 is 6.09 Å². The lowest BCUT2D eigenvalue weighted by molar-refractivity contribution is 0.0584. The number of aliphatic hydroxyl groups excluding tert-OH is 1. The van der Waals surface area contributed by atoms with Gasteiger partial charge in [0.15, 0.2) is 0 Å². The number of carbonyl (C=O) groups excluding carboxylic acids is 1. The molecule has 0 unspecified atom stereocenters. The van der Waals surface area contributed by atoms with Crippen LogP contribution in [0.1, 0.15) is 31.2 Å². The second-order valence-electron chi connectivity index (χ2n) is 6.77. The summed E-state index contributed by atoms with van der Waals surface area (Å²) in [5.41, 5.74) is 1.00. The number of nitrogens with zero attached hydrogens (tertiary/aromatic N) is 1. The predicted octanol–water partition coefficient (Wildman–Crippen LogP) is 2.15. The first-order chi connectivity index (χ1) is 11.2. The minimum absolute atomic E-state index is 0.110. The number of aliphatic hydroxyl groups is 1. The Hall–Kier alpha value is -1.59. The van der Waals surface area contributed by atoms with Crippen molar-refractivity contribution < 1.29 is 14.6 Å². The molecular weight excluding hydrogens is 292 g/mol. The smallest absolute Gasteiger partial charge is 0.407 e. The van der Waals surface area contributed by atoms with Crippen molar-refractivity contribution in [1.29, 1.82) is 0 Å². The van der Waals surface area contributed by atoms with Crippen LogP contribution >= 0.6 is 0 Å². The van der Waals surface area contributed by atoms with Crippen molar-refractivity contribution in [2.75, 3.05) is 19.6 Å². The molecule has 5 heteroatoms. The summed E-state index contributed by atoms with van der Waals surface area (Å²) in [4.78, 5) is 14.2. The van der Waals surface area contributed by atoms with E-state index in [1.165, 1.54) is 0 Å². The third-order valence-electron chi connectivity index (χ3n) is 4.84. The maximum Gasteiger partial charge on any atom is 0.407 e. The molecular formula is C18H26N2O3. The number of nitrogens with one attached hydrogen (secondary N) is 1. The number of amides is 1. The summed E-state index contributed by atoms with van der Waals surface area (Å²) in [7, 11) is 0. The van der Waals surface area contributed by atoms with Crippen LogP contribution in [0.15, 0.2) is 30.3 Å². The summed E-state index contributed by atoms with van der Waals surface area (Å²) in [6.07, 6.45) is 3.40. The van der Waals surface area contributed by atoms with Gasteiger partial charge in [-0.25, -0.2) is 4.79 Å². The normalized spacial score (nSPS) is 25.6. The maximum atomic E-state index is 11.8. The average Bonchev–Trinajstić information content (AvgIpc) is 2.54. The van der Waals surface area contributed by atoms with E-state index in [9.17, 15) is 9.90 Å². The van der Waals surface area contributed by atoms with Crippen LogP contribution in [0.2, 0.25) is 0 Å². The Morgan fingerprint density at radius 2 is 1.91 bits per heavy atom. The number of hydrogen-bond acceptors (Lipinski definition) is 4. The fourth-order valence-corrected chi connectivity index (χ4v) is 3.40. The van der Waals surface area contributed by atoms with Gasteiger partial charge >= 0.3 is 6.09 Å². The number of ether oxygens (including phenoxy) is 1. The topological polar surface area (TPSA) is 61.8 Å². The van der Waals surface area contributed by atoms with Gasteiger partial charge in [-0.15, -0.1) is 0 Å². The van der Waals surface area contributed by atoms with E-state index >= 15 is 0 Å². The van der Waals surface area contributed by atoms with E-state index in [0.717, 1.165) is 50.9 Å². The van der Waals surface area contributed by atoms with E-state index in [1.54, 1.807) is 0 Å². The average molecular weight is 318 g/mol. The highest BCUT2D eigenvalue weighted by Gasteiger charge is 2.32. The van der Waals surface area contributed by atoms with Crippen molar-refractivity contribution in [2.24, 2.45) is 5.92 Å². The van der Waals surface area contributed by atoms with Crippen LogP contribution in [0.3, 0.4) is 0 Å². The predicted molar refractivity (Wildman–Crippen MR) is 88.0 cm³/mol. The second-order valence-corrected chi connectivity index (χ2v) is 6.77. The number of hydrogen-bond donors (Lipinski definition) is 2. The van der Waals surface area contributed by atoms with E-state index < -0.39 is 0 Å². The van der Waals surface area contributed by atoms with Crippen LogP contribution in [0.4, 0.5) is 4.79 Å². The van der Waals surface area contributed by atoms with Crippen LogP contribution in [0.5, 0.6) is 0 Å². The zero-order chi connectivity index (χ0) is 16.1. The molecule has 1 saturated carbocycles. The molecule has 1 aromatic carbocycles. The molecule has 126 valence electrons.